The van der Waals surface area contributed by atoms with Crippen molar-refractivity contribution >= 4 is 0 Å². The predicted octanol–water partition coefficient (Wildman–Crippen LogP) is 5.46. The van der Waals surface area contributed by atoms with Crippen LogP contribution in [0.2, 0.25) is 0 Å². The molecule has 0 radical (unpaired) electrons. The Kier molecular flexibility index (Phi) is 4.83. The van der Waals surface area contributed by atoms with Gasteiger partial charge in [-0.2, -0.15) is 13.2 Å². The number of hydrogen-bond donors (Lipinski definition) is 0. The van der Waals surface area contributed by atoms with Crippen LogP contribution in [0, 0.1) is 5.41 Å². The van der Waals surface area contributed by atoms with Gasteiger partial charge in [0.25, 0.3) is 0 Å². The van der Waals surface area contributed by atoms with Gasteiger partial charge in [0.2, 0.25) is 0 Å². The molecule has 0 unspecified atom stereocenters. The summed E-state index contributed by atoms with van der Waals surface area (Å²) >= 11 is 0. The second kappa shape index (κ2) is 5.77. The highest BCUT2D eigenvalue weighted by Crippen LogP contribution is 2.31. The summed E-state index contributed by atoms with van der Waals surface area (Å²) in [7, 11) is 0. The molecular weight excluding hydrogens is 237 g/mol. The zero-order chi connectivity index (χ0) is 13.8. The third-order valence-corrected chi connectivity index (χ3v) is 3.17. The summed E-state index contributed by atoms with van der Waals surface area (Å²) in [6, 6.07) is 5.53. The molecule has 0 N–H and O–H groups in total. The van der Waals surface area contributed by atoms with Crippen LogP contribution < -0.4 is 0 Å². The van der Waals surface area contributed by atoms with Gasteiger partial charge in [-0.05, 0) is 36.0 Å². The first-order chi connectivity index (χ1) is 8.24. The number of benzene rings is 1. The standard InChI is InChI=1S/C15H21F3/c1-4-5-10-14(2,3)11-12-6-8-13(9-7-12)15(16,17)18/h6-9H,4-5,10-11H2,1-3H3. The topological polar surface area (TPSA) is 0 Å². The van der Waals surface area contributed by atoms with Crippen molar-refractivity contribution in [2.45, 2.75) is 52.6 Å². The summed E-state index contributed by atoms with van der Waals surface area (Å²) in [5, 5.41) is 0. The average molecular weight is 258 g/mol. The monoisotopic (exact) mass is 258 g/mol. The molecule has 0 amide bonds. The smallest absolute Gasteiger partial charge is 0.166 e. The Bertz CT molecular complexity index is 360. The minimum Gasteiger partial charge on any atom is -0.166 e. The molecule has 0 bridgehead atoms. The second-order valence-electron chi connectivity index (χ2n) is 5.64. The third kappa shape index (κ3) is 4.71. The molecule has 0 aliphatic carbocycles. The van der Waals surface area contributed by atoms with Crippen molar-refractivity contribution in [1.29, 1.82) is 0 Å². The van der Waals surface area contributed by atoms with Crippen LogP contribution in [0.25, 0.3) is 0 Å². The molecule has 0 aliphatic rings. The molecule has 0 heterocycles. The van der Waals surface area contributed by atoms with Crippen molar-refractivity contribution in [3.63, 3.8) is 0 Å². The lowest BCUT2D eigenvalue weighted by atomic mass is 9.81. The second-order valence-corrected chi connectivity index (χ2v) is 5.64. The molecule has 102 valence electrons. The number of rotatable bonds is 5. The van der Waals surface area contributed by atoms with E-state index in [0.29, 0.717) is 0 Å². The lowest BCUT2D eigenvalue weighted by Crippen LogP contribution is -2.15. The van der Waals surface area contributed by atoms with E-state index in [2.05, 4.69) is 20.8 Å². The maximum atomic E-state index is 12.4. The van der Waals surface area contributed by atoms with Gasteiger partial charge in [0.05, 0.1) is 5.56 Å². The molecule has 0 atom stereocenters. The van der Waals surface area contributed by atoms with Crippen LogP contribution in [0.3, 0.4) is 0 Å². The van der Waals surface area contributed by atoms with Gasteiger partial charge in [-0.3, -0.25) is 0 Å². The lowest BCUT2D eigenvalue weighted by molar-refractivity contribution is -0.137. The van der Waals surface area contributed by atoms with E-state index in [0.717, 1.165) is 31.2 Å². The highest BCUT2D eigenvalue weighted by Gasteiger charge is 2.30. The van der Waals surface area contributed by atoms with E-state index >= 15 is 0 Å². The fourth-order valence-electron chi connectivity index (χ4n) is 2.11. The average Bonchev–Trinajstić information content (AvgIpc) is 2.25. The van der Waals surface area contributed by atoms with Gasteiger partial charge in [0.15, 0.2) is 0 Å². The number of alkyl halides is 3. The van der Waals surface area contributed by atoms with E-state index in [9.17, 15) is 13.2 Å². The highest BCUT2D eigenvalue weighted by atomic mass is 19.4. The van der Waals surface area contributed by atoms with E-state index in [4.69, 9.17) is 0 Å². The summed E-state index contributed by atoms with van der Waals surface area (Å²) in [5.74, 6) is 0. The Labute approximate surface area is 107 Å². The molecule has 0 aromatic heterocycles. The Balaban J connectivity index is 2.69. The Hall–Kier alpha value is -0.990. The Morgan fingerprint density at radius 3 is 2.00 bits per heavy atom. The molecule has 0 fully saturated rings. The van der Waals surface area contributed by atoms with Crippen LogP contribution in [-0.4, -0.2) is 0 Å². The van der Waals surface area contributed by atoms with E-state index in [-0.39, 0.29) is 5.41 Å². The molecule has 1 rings (SSSR count). The normalized spacial score (nSPS) is 12.8. The number of hydrogen-bond acceptors (Lipinski definition) is 0. The van der Waals surface area contributed by atoms with E-state index in [1.807, 2.05) is 0 Å². The van der Waals surface area contributed by atoms with Crippen molar-refractivity contribution in [2.24, 2.45) is 5.41 Å². The van der Waals surface area contributed by atoms with Gasteiger partial charge >= 0.3 is 6.18 Å². The molecule has 1 aromatic carbocycles. The van der Waals surface area contributed by atoms with Gasteiger partial charge in [0, 0.05) is 0 Å². The van der Waals surface area contributed by atoms with Crippen LogP contribution >= 0.6 is 0 Å². The van der Waals surface area contributed by atoms with Crippen molar-refractivity contribution < 1.29 is 13.2 Å². The number of unbranched alkanes of at least 4 members (excludes halogenated alkanes) is 1. The quantitative estimate of drug-likeness (QED) is 0.657. The van der Waals surface area contributed by atoms with Crippen LogP contribution in [0.15, 0.2) is 24.3 Å². The maximum absolute atomic E-state index is 12.4. The molecule has 18 heavy (non-hydrogen) atoms. The molecule has 0 nitrogen and oxygen atoms in total. The predicted molar refractivity (Wildman–Crippen MR) is 68.5 cm³/mol. The summed E-state index contributed by atoms with van der Waals surface area (Å²) in [6.45, 7) is 6.48. The van der Waals surface area contributed by atoms with Crippen molar-refractivity contribution in [3.05, 3.63) is 35.4 Å². The summed E-state index contributed by atoms with van der Waals surface area (Å²) in [4.78, 5) is 0. The van der Waals surface area contributed by atoms with Crippen LogP contribution in [0.5, 0.6) is 0 Å². The summed E-state index contributed by atoms with van der Waals surface area (Å²) in [6.07, 6.45) is -0.00397. The first-order valence-electron chi connectivity index (χ1n) is 6.41. The largest absolute Gasteiger partial charge is 0.416 e. The molecule has 0 saturated carbocycles. The van der Waals surface area contributed by atoms with Crippen molar-refractivity contribution in [2.75, 3.05) is 0 Å². The minimum absolute atomic E-state index is 0.149. The van der Waals surface area contributed by atoms with Gasteiger partial charge in [0.1, 0.15) is 0 Å². The van der Waals surface area contributed by atoms with Crippen molar-refractivity contribution in [3.8, 4) is 0 Å². The van der Waals surface area contributed by atoms with Gasteiger partial charge in [-0.1, -0.05) is 45.7 Å². The molecule has 0 saturated heterocycles. The fraction of sp³-hybridized carbons (Fsp3) is 0.600. The molecular formula is C15H21F3. The van der Waals surface area contributed by atoms with Gasteiger partial charge in [-0.15, -0.1) is 0 Å². The zero-order valence-corrected chi connectivity index (χ0v) is 11.3. The molecule has 0 aliphatic heterocycles. The zero-order valence-electron chi connectivity index (χ0n) is 11.3. The van der Waals surface area contributed by atoms with Crippen LogP contribution in [0.4, 0.5) is 13.2 Å². The minimum atomic E-state index is -4.24. The first-order valence-corrected chi connectivity index (χ1v) is 6.41. The molecule has 3 heteroatoms. The molecule has 1 aromatic rings. The van der Waals surface area contributed by atoms with E-state index < -0.39 is 11.7 Å². The lowest BCUT2D eigenvalue weighted by Gasteiger charge is -2.24. The highest BCUT2D eigenvalue weighted by molar-refractivity contribution is 5.25. The summed E-state index contributed by atoms with van der Waals surface area (Å²) in [5.41, 5.74) is 0.553. The van der Waals surface area contributed by atoms with E-state index in [1.54, 1.807) is 12.1 Å². The van der Waals surface area contributed by atoms with Crippen LogP contribution in [-0.2, 0) is 12.6 Å². The number of halogens is 3. The third-order valence-electron chi connectivity index (χ3n) is 3.17. The van der Waals surface area contributed by atoms with Gasteiger partial charge in [-0.25, -0.2) is 0 Å². The molecule has 0 spiro atoms. The van der Waals surface area contributed by atoms with Gasteiger partial charge < -0.3 is 0 Å². The first kappa shape index (κ1) is 15.1. The van der Waals surface area contributed by atoms with Crippen LogP contribution in [0.1, 0.15) is 51.2 Å². The summed E-state index contributed by atoms with van der Waals surface area (Å²) < 4.78 is 37.3. The van der Waals surface area contributed by atoms with E-state index in [1.165, 1.54) is 12.1 Å². The Morgan fingerprint density at radius 1 is 1.00 bits per heavy atom. The van der Waals surface area contributed by atoms with Crippen molar-refractivity contribution in [1.82, 2.24) is 0 Å². The fourth-order valence-corrected chi connectivity index (χ4v) is 2.11. The Morgan fingerprint density at radius 2 is 1.56 bits per heavy atom. The maximum Gasteiger partial charge on any atom is 0.416 e. The SMILES string of the molecule is CCCCC(C)(C)Cc1ccc(C(F)(F)F)cc1.